The molecule has 0 radical (unpaired) electrons. The summed E-state index contributed by atoms with van der Waals surface area (Å²) in [4.78, 5) is 37.9. The van der Waals surface area contributed by atoms with E-state index in [0.717, 1.165) is 36.0 Å². The molecule has 1 aromatic rings. The Morgan fingerprint density at radius 1 is 0.857 bits per heavy atom. The van der Waals surface area contributed by atoms with Crippen LogP contribution < -0.4 is 0 Å². The van der Waals surface area contributed by atoms with Gasteiger partial charge in [-0.05, 0) is 69.2 Å². The van der Waals surface area contributed by atoms with E-state index in [0.29, 0.717) is 12.2 Å². The second kappa shape index (κ2) is 9.71. The maximum Gasteiger partial charge on any atom is 0.338 e. The molecule has 0 N–H and O–H groups in total. The minimum Gasteiger partial charge on any atom is -0.465 e. The minimum absolute atomic E-state index is 0.167. The summed E-state index contributed by atoms with van der Waals surface area (Å²) in [7, 11) is 0. The van der Waals surface area contributed by atoms with Crippen LogP contribution in [0.3, 0.4) is 0 Å². The molecular weight excluding hydrogens is 360 g/mol. The summed E-state index contributed by atoms with van der Waals surface area (Å²) in [6.07, 6.45) is 3.06. The van der Waals surface area contributed by atoms with E-state index in [2.05, 4.69) is 6.92 Å². The van der Waals surface area contributed by atoms with Crippen LogP contribution in [0.25, 0.3) is 0 Å². The third kappa shape index (κ3) is 4.37. The number of hydrogen-bond donors (Lipinski definition) is 0. The number of aryl methyl sites for hydroxylation is 1. The van der Waals surface area contributed by atoms with E-state index in [-0.39, 0.29) is 32.0 Å². The van der Waals surface area contributed by atoms with Gasteiger partial charge in [0.25, 0.3) is 0 Å². The van der Waals surface area contributed by atoms with Crippen molar-refractivity contribution in [3.63, 3.8) is 0 Å². The van der Waals surface area contributed by atoms with Crippen LogP contribution in [0.2, 0.25) is 0 Å². The summed E-state index contributed by atoms with van der Waals surface area (Å²) in [6, 6.07) is 3.72. The Morgan fingerprint density at radius 3 is 1.89 bits per heavy atom. The van der Waals surface area contributed by atoms with Gasteiger partial charge in [0.2, 0.25) is 0 Å². The Kier molecular flexibility index (Phi) is 7.61. The number of carbonyl (C=O) groups excluding carboxylic acids is 3. The first-order valence-corrected chi connectivity index (χ1v) is 10.1. The zero-order valence-electron chi connectivity index (χ0n) is 17.3. The molecule has 2 rings (SSSR count). The van der Waals surface area contributed by atoms with Gasteiger partial charge in [-0.25, -0.2) is 4.79 Å². The molecule has 0 aliphatic heterocycles. The number of carbonyl (C=O) groups is 3. The first kappa shape index (κ1) is 21.9. The number of rotatable bonds is 9. The van der Waals surface area contributed by atoms with E-state index in [1.807, 2.05) is 6.07 Å². The number of benzene rings is 1. The highest BCUT2D eigenvalue weighted by Gasteiger charge is 2.53. The molecule has 154 valence electrons. The van der Waals surface area contributed by atoms with Gasteiger partial charge in [0.15, 0.2) is 5.41 Å². The quantitative estimate of drug-likeness (QED) is 0.365. The van der Waals surface area contributed by atoms with Gasteiger partial charge in [-0.1, -0.05) is 19.4 Å². The van der Waals surface area contributed by atoms with Gasteiger partial charge in [-0.3, -0.25) is 9.59 Å². The van der Waals surface area contributed by atoms with Crippen molar-refractivity contribution in [3.8, 4) is 0 Å². The molecule has 0 bridgehead atoms. The van der Waals surface area contributed by atoms with Gasteiger partial charge < -0.3 is 14.2 Å². The molecule has 0 amide bonds. The summed E-state index contributed by atoms with van der Waals surface area (Å²) in [5.41, 5.74) is 1.70. The van der Waals surface area contributed by atoms with Crippen LogP contribution in [0.5, 0.6) is 0 Å². The first-order chi connectivity index (χ1) is 13.4. The largest absolute Gasteiger partial charge is 0.465 e. The molecule has 0 saturated heterocycles. The van der Waals surface area contributed by atoms with Gasteiger partial charge in [-0.15, -0.1) is 0 Å². The Morgan fingerprint density at radius 2 is 1.39 bits per heavy atom. The van der Waals surface area contributed by atoms with Crippen LogP contribution >= 0.6 is 0 Å². The predicted octanol–water partition coefficient (Wildman–Crippen LogP) is 3.42. The Balaban J connectivity index is 2.47. The molecule has 0 atom stereocenters. The maximum absolute atomic E-state index is 12.7. The van der Waals surface area contributed by atoms with Crippen molar-refractivity contribution in [2.24, 2.45) is 5.41 Å². The Hall–Kier alpha value is -2.37. The van der Waals surface area contributed by atoms with Gasteiger partial charge in [0.1, 0.15) is 0 Å². The molecule has 0 spiro atoms. The predicted molar refractivity (Wildman–Crippen MR) is 104 cm³/mol. The lowest BCUT2D eigenvalue weighted by atomic mass is 9.84. The first-order valence-electron chi connectivity index (χ1n) is 10.1. The molecule has 0 unspecified atom stereocenters. The minimum atomic E-state index is -1.39. The number of esters is 3. The van der Waals surface area contributed by atoms with E-state index in [1.165, 1.54) is 0 Å². The lowest BCUT2D eigenvalue weighted by Crippen LogP contribution is -2.43. The second-order valence-electron chi connectivity index (χ2n) is 6.98. The fourth-order valence-corrected chi connectivity index (χ4v) is 3.67. The third-order valence-electron chi connectivity index (χ3n) is 5.04. The van der Waals surface area contributed by atoms with Crippen molar-refractivity contribution in [1.29, 1.82) is 0 Å². The number of unbranched alkanes of at least 4 members (excludes halogenated alkanes) is 1. The number of ether oxygens (including phenoxy) is 3. The highest BCUT2D eigenvalue weighted by molar-refractivity contribution is 6.02. The number of hydrogen-bond acceptors (Lipinski definition) is 6. The highest BCUT2D eigenvalue weighted by atomic mass is 16.6. The van der Waals surface area contributed by atoms with Crippen molar-refractivity contribution in [3.05, 3.63) is 34.4 Å². The second-order valence-corrected chi connectivity index (χ2v) is 6.98. The summed E-state index contributed by atoms with van der Waals surface area (Å²) >= 11 is 0. The van der Waals surface area contributed by atoms with Gasteiger partial charge in [-0.2, -0.15) is 0 Å². The Labute approximate surface area is 166 Å². The summed E-state index contributed by atoms with van der Waals surface area (Å²) < 4.78 is 15.6. The van der Waals surface area contributed by atoms with Gasteiger partial charge in [0.05, 0.1) is 25.4 Å². The molecule has 0 fully saturated rings. The van der Waals surface area contributed by atoms with Crippen molar-refractivity contribution < 1.29 is 28.6 Å². The van der Waals surface area contributed by atoms with Gasteiger partial charge >= 0.3 is 17.9 Å². The fourth-order valence-electron chi connectivity index (χ4n) is 3.67. The normalized spacial score (nSPS) is 14.3. The lowest BCUT2D eigenvalue weighted by Gasteiger charge is -2.23. The maximum atomic E-state index is 12.7. The molecule has 1 aliphatic rings. The Bertz CT molecular complexity index is 719. The summed E-state index contributed by atoms with van der Waals surface area (Å²) in [6.45, 7) is 7.94. The average Bonchev–Trinajstić information content (AvgIpc) is 3.06. The molecule has 6 nitrogen and oxygen atoms in total. The van der Waals surface area contributed by atoms with Crippen LogP contribution in [0, 0.1) is 5.41 Å². The molecular formula is C22H30O6. The summed E-state index contributed by atoms with van der Waals surface area (Å²) in [5.74, 6) is -1.52. The van der Waals surface area contributed by atoms with Crippen molar-refractivity contribution >= 4 is 17.9 Å². The molecule has 0 saturated carbocycles. The smallest absolute Gasteiger partial charge is 0.338 e. The van der Waals surface area contributed by atoms with E-state index in [1.54, 1.807) is 26.8 Å². The molecule has 1 aromatic carbocycles. The average molecular weight is 390 g/mol. The SMILES string of the molecule is CCCCc1cc2c(cc1C(=O)OCC)CC(C(=O)OCC)(C(=O)OCC)C2. The fraction of sp³-hybridized carbons (Fsp3) is 0.591. The van der Waals surface area contributed by atoms with Crippen LogP contribution in [0.4, 0.5) is 0 Å². The van der Waals surface area contributed by atoms with E-state index < -0.39 is 17.4 Å². The van der Waals surface area contributed by atoms with Crippen molar-refractivity contribution in [2.45, 2.75) is 59.8 Å². The van der Waals surface area contributed by atoms with Crippen LogP contribution in [0.15, 0.2) is 12.1 Å². The standard InChI is InChI=1S/C22H30O6/c1-5-9-10-15-11-16-13-22(20(24)27-7-3,21(25)28-8-4)14-17(16)12-18(15)19(23)26-6-2/h11-12H,5-10,13-14H2,1-4H3. The molecule has 0 aromatic heterocycles. The highest BCUT2D eigenvalue weighted by Crippen LogP contribution is 2.41. The zero-order chi connectivity index (χ0) is 20.7. The van der Waals surface area contributed by atoms with Crippen LogP contribution in [-0.2, 0) is 43.1 Å². The van der Waals surface area contributed by atoms with E-state index in [9.17, 15) is 14.4 Å². The van der Waals surface area contributed by atoms with Crippen molar-refractivity contribution in [2.75, 3.05) is 19.8 Å². The topological polar surface area (TPSA) is 78.9 Å². The molecule has 1 aliphatic carbocycles. The zero-order valence-corrected chi connectivity index (χ0v) is 17.3. The summed E-state index contributed by atoms with van der Waals surface area (Å²) in [5, 5.41) is 0. The molecule has 0 heterocycles. The van der Waals surface area contributed by atoms with E-state index in [4.69, 9.17) is 14.2 Å². The molecule has 28 heavy (non-hydrogen) atoms. The van der Waals surface area contributed by atoms with Gasteiger partial charge in [0, 0.05) is 0 Å². The lowest BCUT2D eigenvalue weighted by molar-refractivity contribution is -0.171. The van der Waals surface area contributed by atoms with Crippen LogP contribution in [0.1, 0.15) is 67.6 Å². The van der Waals surface area contributed by atoms with Crippen LogP contribution in [-0.4, -0.2) is 37.7 Å². The number of fused-ring (bicyclic) bond motifs is 1. The molecule has 6 heteroatoms. The van der Waals surface area contributed by atoms with E-state index >= 15 is 0 Å². The van der Waals surface area contributed by atoms with Crippen molar-refractivity contribution in [1.82, 2.24) is 0 Å². The monoisotopic (exact) mass is 390 g/mol. The third-order valence-corrected chi connectivity index (χ3v) is 5.04.